The van der Waals surface area contributed by atoms with E-state index in [1.165, 1.54) is 83.4 Å². The highest BCUT2D eigenvalue weighted by Crippen LogP contribution is 2.58. The minimum Gasteiger partial charge on any atom is -0.465 e. The summed E-state index contributed by atoms with van der Waals surface area (Å²) in [4.78, 5) is 49.4. The van der Waals surface area contributed by atoms with Gasteiger partial charge in [-0.05, 0) is 43.9 Å². The van der Waals surface area contributed by atoms with Crippen LogP contribution in [-0.2, 0) is 28.2 Å². The van der Waals surface area contributed by atoms with Gasteiger partial charge in [-0.15, -0.1) is 0 Å². The molecule has 4 atom stereocenters. The number of fused-ring (bicyclic) bond motifs is 1. The topological polar surface area (TPSA) is 178 Å². The molecule has 58 heavy (non-hydrogen) atoms. The summed E-state index contributed by atoms with van der Waals surface area (Å²) in [6, 6.07) is 8.67. The summed E-state index contributed by atoms with van der Waals surface area (Å²) in [6.45, 7) is 7.61. The first-order valence-corrected chi connectivity index (χ1v) is 23.5. The molecule has 3 N–H and O–H groups in total. The molecule has 1 fully saturated rings. The number of imidazole rings is 1. The summed E-state index contributed by atoms with van der Waals surface area (Å²) in [5, 5.41) is 0. The Hall–Kier alpha value is -3.96. The summed E-state index contributed by atoms with van der Waals surface area (Å²) >= 11 is 0. The van der Waals surface area contributed by atoms with Crippen molar-refractivity contribution in [3.8, 4) is 5.75 Å². The second-order valence-electron chi connectivity index (χ2n) is 16.2. The van der Waals surface area contributed by atoms with Crippen molar-refractivity contribution in [1.82, 2.24) is 19.5 Å². The quantitative estimate of drug-likeness (QED) is 0.0371. The van der Waals surface area contributed by atoms with Crippen LogP contribution in [0.15, 0.2) is 47.0 Å². The molecule has 0 aliphatic heterocycles. The molecule has 14 heteroatoms. The molecule has 0 spiro atoms. The molecule has 4 rings (SSSR count). The highest BCUT2D eigenvalue weighted by atomic mass is 31.2. The van der Waals surface area contributed by atoms with E-state index >= 15 is 0 Å². The number of carbonyl (C=O) groups excluding carboxylic acids is 2. The number of esters is 2. The van der Waals surface area contributed by atoms with Crippen molar-refractivity contribution in [2.45, 2.75) is 156 Å². The fraction of sp³-hybridized carbons (Fsp3) is 0.659. The first-order chi connectivity index (χ1) is 28.0. The lowest BCUT2D eigenvalue weighted by atomic mass is 10.0. The van der Waals surface area contributed by atoms with Gasteiger partial charge < -0.3 is 19.7 Å². The Morgan fingerprint density at radius 1 is 0.914 bits per heavy atom. The smallest absolute Gasteiger partial charge is 0.380 e. The van der Waals surface area contributed by atoms with Gasteiger partial charge in [-0.3, -0.25) is 28.5 Å². The van der Waals surface area contributed by atoms with Crippen LogP contribution in [0, 0.1) is 11.3 Å². The predicted molar refractivity (Wildman–Crippen MR) is 230 cm³/mol. The SMILES string of the molecule is CCCCCCCCCCCCCCCCCC(=O)OCC1(CO[P@@](=O)(C[C@@H](C)C(=O)O[C@@H](C)CCC)Oc2ccccc2)C/C1=C/n1cnc2c(=O)[nH]c(N)nc21. The second kappa shape index (κ2) is 24.2. The molecule has 0 amide bonds. The number of H-pyrrole nitrogens is 1. The van der Waals surface area contributed by atoms with E-state index in [1.54, 1.807) is 42.0 Å². The van der Waals surface area contributed by atoms with Gasteiger partial charge >= 0.3 is 19.5 Å². The lowest BCUT2D eigenvalue weighted by molar-refractivity contribution is -0.152. The number of rotatable bonds is 30. The van der Waals surface area contributed by atoms with Crippen molar-refractivity contribution < 1.29 is 32.7 Å². The third-order valence-electron chi connectivity index (χ3n) is 10.8. The van der Waals surface area contributed by atoms with E-state index in [2.05, 4.69) is 21.9 Å². The number of nitrogens with one attached hydrogen (secondary N) is 1. The molecule has 322 valence electrons. The molecule has 0 bridgehead atoms. The summed E-state index contributed by atoms with van der Waals surface area (Å²) in [6.07, 6.45) is 23.7. The normalized spacial score (nSPS) is 17.8. The summed E-state index contributed by atoms with van der Waals surface area (Å²) in [7, 11) is -3.97. The van der Waals surface area contributed by atoms with Crippen molar-refractivity contribution in [1.29, 1.82) is 0 Å². The molecular weight excluding hydrogens is 757 g/mol. The molecule has 1 aliphatic rings. The number of nitrogen functional groups attached to an aromatic ring is 1. The van der Waals surface area contributed by atoms with Gasteiger partial charge in [0.15, 0.2) is 11.2 Å². The van der Waals surface area contributed by atoms with Crippen molar-refractivity contribution in [2.24, 2.45) is 11.3 Å². The van der Waals surface area contributed by atoms with Crippen molar-refractivity contribution in [3.05, 3.63) is 52.6 Å². The number of hydrogen-bond acceptors (Lipinski definition) is 11. The zero-order valence-electron chi connectivity index (χ0n) is 35.4. The van der Waals surface area contributed by atoms with E-state index in [1.807, 2.05) is 19.9 Å². The van der Waals surface area contributed by atoms with Crippen molar-refractivity contribution >= 4 is 42.8 Å². The fourth-order valence-electron chi connectivity index (χ4n) is 7.14. The number of nitrogens with two attached hydrogens (primary N) is 1. The highest BCUT2D eigenvalue weighted by Gasteiger charge is 2.52. The van der Waals surface area contributed by atoms with Gasteiger partial charge in [0.25, 0.3) is 5.56 Å². The van der Waals surface area contributed by atoms with Crippen LogP contribution in [0.25, 0.3) is 17.4 Å². The van der Waals surface area contributed by atoms with Crippen LogP contribution < -0.4 is 15.8 Å². The minimum absolute atomic E-state index is 0.0172. The number of para-hydroxylation sites is 1. The van der Waals surface area contributed by atoms with E-state index in [4.69, 9.17) is 24.3 Å². The van der Waals surface area contributed by atoms with Gasteiger partial charge in [-0.2, -0.15) is 4.98 Å². The first kappa shape index (κ1) is 46.7. The monoisotopic (exact) mass is 825 g/mol. The Morgan fingerprint density at radius 3 is 2.16 bits per heavy atom. The predicted octanol–water partition coefficient (Wildman–Crippen LogP) is 10.4. The molecule has 1 aliphatic carbocycles. The maximum atomic E-state index is 14.5. The van der Waals surface area contributed by atoms with E-state index in [9.17, 15) is 18.9 Å². The molecular formula is C44H68N5O8P. The Bertz CT molecular complexity index is 1850. The number of unbranched alkanes of at least 4 members (excludes halogenated alkanes) is 14. The first-order valence-electron chi connectivity index (χ1n) is 21.8. The van der Waals surface area contributed by atoms with Crippen LogP contribution in [0.4, 0.5) is 5.95 Å². The molecule has 0 saturated heterocycles. The van der Waals surface area contributed by atoms with E-state index in [0.29, 0.717) is 25.0 Å². The highest BCUT2D eigenvalue weighted by molar-refractivity contribution is 7.54. The zero-order valence-corrected chi connectivity index (χ0v) is 36.3. The Kier molecular flexibility index (Phi) is 19.5. The standard InChI is InChI=1S/C44H68N5O8P/c1-5-7-8-9-10-11-12-13-14-15-16-17-18-19-23-27-38(50)54-31-44(28-36(44)29-49-33-46-39-40(49)47-43(45)48-41(39)51)32-55-58(53,57-37-25-21-20-22-26-37)30-34(3)42(52)56-35(4)24-6-2/h20-22,25-26,29,33-35H,5-19,23-24,27-28,30-32H2,1-4H3,(H3,45,47,48,51)/b36-29-/t34-,35+,44?,58+/m1/s1. The molecule has 1 unspecified atom stereocenters. The number of aromatic nitrogens is 4. The molecule has 2 heterocycles. The number of nitrogens with zero attached hydrogens (tertiary/aromatic N) is 3. The summed E-state index contributed by atoms with van der Waals surface area (Å²) in [5.41, 5.74) is 5.71. The Morgan fingerprint density at radius 2 is 1.53 bits per heavy atom. The minimum atomic E-state index is -3.97. The molecule has 1 aromatic carbocycles. The third-order valence-corrected chi connectivity index (χ3v) is 12.8. The Balaban J connectivity index is 1.35. The molecule has 1 saturated carbocycles. The fourth-order valence-corrected chi connectivity index (χ4v) is 9.08. The number of aromatic amines is 1. The average Bonchev–Trinajstić information content (AvgIpc) is 3.72. The van der Waals surface area contributed by atoms with Gasteiger partial charge in [0.1, 0.15) is 18.7 Å². The van der Waals surface area contributed by atoms with Crippen LogP contribution in [0.2, 0.25) is 0 Å². The number of carbonyl (C=O) groups is 2. The number of hydrogen-bond donors (Lipinski definition) is 2. The largest absolute Gasteiger partial charge is 0.465 e. The number of ether oxygens (including phenoxy) is 2. The van der Waals surface area contributed by atoms with Crippen LogP contribution in [0.1, 0.15) is 150 Å². The Labute approximate surface area is 344 Å². The number of anilines is 1. The molecule has 0 radical (unpaired) electrons. The molecule has 13 nitrogen and oxygen atoms in total. The number of benzene rings is 1. The van der Waals surface area contributed by atoms with Crippen LogP contribution in [0.5, 0.6) is 5.75 Å². The van der Waals surface area contributed by atoms with Gasteiger partial charge in [-0.25, -0.2) is 9.55 Å². The van der Waals surface area contributed by atoms with Gasteiger partial charge in [0.05, 0.1) is 30.2 Å². The second-order valence-corrected chi connectivity index (χ2v) is 18.2. The molecule has 3 aromatic rings. The maximum Gasteiger partial charge on any atom is 0.380 e. The maximum absolute atomic E-state index is 14.5. The van der Waals surface area contributed by atoms with Gasteiger partial charge in [0, 0.05) is 12.6 Å². The lowest BCUT2D eigenvalue weighted by Crippen LogP contribution is -2.26. The van der Waals surface area contributed by atoms with E-state index in [0.717, 1.165) is 31.3 Å². The van der Waals surface area contributed by atoms with E-state index in [-0.39, 0.29) is 48.6 Å². The average molecular weight is 826 g/mol. The summed E-state index contributed by atoms with van der Waals surface area (Å²) < 4.78 is 39.8. The van der Waals surface area contributed by atoms with E-state index < -0.39 is 30.5 Å². The lowest BCUT2D eigenvalue weighted by Gasteiger charge is -2.25. The third kappa shape index (κ3) is 15.7. The van der Waals surface area contributed by atoms with Gasteiger partial charge in [0.2, 0.25) is 5.95 Å². The van der Waals surface area contributed by atoms with Crippen molar-refractivity contribution in [2.75, 3.05) is 25.1 Å². The van der Waals surface area contributed by atoms with Crippen molar-refractivity contribution in [3.63, 3.8) is 0 Å². The zero-order chi connectivity index (χ0) is 41.8. The van der Waals surface area contributed by atoms with Crippen LogP contribution in [-0.4, -0.2) is 56.9 Å². The molecule has 2 aromatic heterocycles. The summed E-state index contributed by atoms with van der Waals surface area (Å²) in [5.74, 6) is -1.29. The van der Waals surface area contributed by atoms with Crippen LogP contribution >= 0.6 is 7.60 Å². The van der Waals surface area contributed by atoms with Crippen LogP contribution in [0.3, 0.4) is 0 Å². The van der Waals surface area contributed by atoms with Gasteiger partial charge in [-0.1, -0.05) is 135 Å².